The molecule has 120 valence electrons. The van der Waals surface area contributed by atoms with Gasteiger partial charge in [-0.2, -0.15) is 0 Å². The third-order valence-electron chi connectivity index (χ3n) is 3.69. The number of hydrogen-bond acceptors (Lipinski definition) is 2. The van der Waals surface area contributed by atoms with Crippen LogP contribution in [0.2, 0.25) is 5.02 Å². The Morgan fingerprint density at radius 3 is 2.52 bits per heavy atom. The molecule has 2 amide bonds. The lowest BCUT2D eigenvalue weighted by Gasteiger charge is -2.09. The predicted molar refractivity (Wildman–Crippen MR) is 95.3 cm³/mol. The largest absolute Gasteiger partial charge is 0.385 e. The average molecular weight is 330 g/mol. The van der Waals surface area contributed by atoms with Crippen molar-refractivity contribution < 1.29 is 4.79 Å². The summed E-state index contributed by atoms with van der Waals surface area (Å²) in [5.74, 6) is 0. The SMILES string of the molecule is O=C(Nc1ccc(NCCc2cccc(Cl)c2)cc1)NC1CC1. The van der Waals surface area contributed by atoms with Gasteiger partial charge in [-0.3, -0.25) is 0 Å². The fourth-order valence-electron chi connectivity index (χ4n) is 2.30. The van der Waals surface area contributed by atoms with Crippen LogP contribution in [0.15, 0.2) is 48.5 Å². The van der Waals surface area contributed by atoms with E-state index >= 15 is 0 Å². The van der Waals surface area contributed by atoms with Crippen LogP contribution in [0.3, 0.4) is 0 Å². The standard InChI is InChI=1S/C18H20ClN3O/c19-14-3-1-2-13(12-14)10-11-20-15-4-6-16(7-5-15)21-18(23)22-17-8-9-17/h1-7,12,17,20H,8-11H2,(H2,21,22,23). The van der Waals surface area contributed by atoms with Crippen molar-refractivity contribution in [2.24, 2.45) is 0 Å². The van der Waals surface area contributed by atoms with Crippen LogP contribution in [0.25, 0.3) is 0 Å². The molecule has 1 fully saturated rings. The molecule has 1 aliphatic rings. The average Bonchev–Trinajstić information content (AvgIpc) is 3.33. The second-order valence-electron chi connectivity index (χ2n) is 5.76. The van der Waals surface area contributed by atoms with Crippen LogP contribution in [-0.4, -0.2) is 18.6 Å². The molecule has 0 heterocycles. The van der Waals surface area contributed by atoms with Crippen molar-refractivity contribution in [1.29, 1.82) is 0 Å². The third-order valence-corrected chi connectivity index (χ3v) is 3.92. The molecule has 0 radical (unpaired) electrons. The van der Waals surface area contributed by atoms with E-state index in [0.29, 0.717) is 6.04 Å². The summed E-state index contributed by atoms with van der Waals surface area (Å²) in [5.41, 5.74) is 3.03. The van der Waals surface area contributed by atoms with E-state index in [1.54, 1.807) is 0 Å². The Hall–Kier alpha value is -2.20. The molecule has 2 aromatic carbocycles. The maximum atomic E-state index is 11.7. The van der Waals surface area contributed by atoms with E-state index in [0.717, 1.165) is 42.2 Å². The highest BCUT2D eigenvalue weighted by atomic mass is 35.5. The summed E-state index contributed by atoms with van der Waals surface area (Å²) in [4.78, 5) is 11.7. The highest BCUT2D eigenvalue weighted by Crippen LogP contribution is 2.19. The Balaban J connectivity index is 1.44. The van der Waals surface area contributed by atoms with Crippen LogP contribution in [0.5, 0.6) is 0 Å². The molecule has 2 aromatic rings. The molecule has 0 aromatic heterocycles. The van der Waals surface area contributed by atoms with Gasteiger partial charge in [-0.25, -0.2) is 4.79 Å². The summed E-state index contributed by atoms with van der Waals surface area (Å²) in [7, 11) is 0. The smallest absolute Gasteiger partial charge is 0.319 e. The number of anilines is 2. The number of nitrogens with one attached hydrogen (secondary N) is 3. The quantitative estimate of drug-likeness (QED) is 0.741. The minimum atomic E-state index is -0.130. The molecule has 0 atom stereocenters. The van der Waals surface area contributed by atoms with Gasteiger partial charge >= 0.3 is 6.03 Å². The Kier molecular flexibility index (Phi) is 5.03. The summed E-state index contributed by atoms with van der Waals surface area (Å²) in [6, 6.07) is 15.8. The predicted octanol–water partition coefficient (Wildman–Crippen LogP) is 4.28. The second-order valence-corrected chi connectivity index (χ2v) is 6.19. The Bertz CT molecular complexity index is 668. The number of carbonyl (C=O) groups is 1. The minimum absolute atomic E-state index is 0.130. The maximum absolute atomic E-state index is 11.7. The maximum Gasteiger partial charge on any atom is 0.319 e. The van der Waals surface area contributed by atoms with Crippen LogP contribution < -0.4 is 16.0 Å². The van der Waals surface area contributed by atoms with E-state index < -0.39 is 0 Å². The molecule has 0 spiro atoms. The lowest BCUT2D eigenvalue weighted by Crippen LogP contribution is -2.30. The Morgan fingerprint density at radius 2 is 1.83 bits per heavy atom. The first-order valence-electron chi connectivity index (χ1n) is 7.85. The molecule has 1 saturated carbocycles. The Labute approximate surface area is 141 Å². The summed E-state index contributed by atoms with van der Waals surface area (Å²) in [6.07, 6.45) is 3.08. The fraction of sp³-hybridized carbons (Fsp3) is 0.278. The zero-order chi connectivity index (χ0) is 16.1. The number of urea groups is 1. The van der Waals surface area contributed by atoms with Crippen LogP contribution in [0.4, 0.5) is 16.2 Å². The summed E-state index contributed by atoms with van der Waals surface area (Å²) < 4.78 is 0. The van der Waals surface area contributed by atoms with Gasteiger partial charge in [-0.15, -0.1) is 0 Å². The van der Waals surface area contributed by atoms with Crippen LogP contribution in [0, 0.1) is 0 Å². The van der Waals surface area contributed by atoms with E-state index in [2.05, 4.69) is 22.0 Å². The van der Waals surface area contributed by atoms with E-state index in [-0.39, 0.29) is 6.03 Å². The first-order chi connectivity index (χ1) is 11.2. The molecule has 0 unspecified atom stereocenters. The summed E-state index contributed by atoms with van der Waals surface area (Å²) in [6.45, 7) is 0.829. The van der Waals surface area contributed by atoms with E-state index in [1.807, 2.05) is 42.5 Å². The number of rotatable bonds is 6. The van der Waals surface area contributed by atoms with Gasteiger partial charge in [-0.1, -0.05) is 23.7 Å². The fourth-order valence-corrected chi connectivity index (χ4v) is 2.51. The zero-order valence-corrected chi connectivity index (χ0v) is 13.6. The van der Waals surface area contributed by atoms with E-state index in [9.17, 15) is 4.79 Å². The minimum Gasteiger partial charge on any atom is -0.385 e. The Morgan fingerprint density at radius 1 is 1.09 bits per heavy atom. The molecule has 23 heavy (non-hydrogen) atoms. The van der Waals surface area contributed by atoms with Crippen molar-refractivity contribution in [3.63, 3.8) is 0 Å². The molecule has 4 nitrogen and oxygen atoms in total. The van der Waals surface area contributed by atoms with Gasteiger partial charge in [0.2, 0.25) is 0 Å². The van der Waals surface area contributed by atoms with Gasteiger partial charge in [0.1, 0.15) is 0 Å². The van der Waals surface area contributed by atoms with Crippen LogP contribution >= 0.6 is 11.6 Å². The summed E-state index contributed by atoms with van der Waals surface area (Å²) in [5, 5.41) is 9.86. The molecule has 1 aliphatic carbocycles. The van der Waals surface area contributed by atoms with Gasteiger partial charge in [0, 0.05) is 29.0 Å². The number of hydrogen-bond donors (Lipinski definition) is 3. The van der Waals surface area contributed by atoms with E-state index in [1.165, 1.54) is 5.56 Å². The highest BCUT2D eigenvalue weighted by molar-refractivity contribution is 6.30. The molecule has 0 aliphatic heterocycles. The van der Waals surface area contributed by atoms with E-state index in [4.69, 9.17) is 11.6 Å². The molecular formula is C18H20ClN3O. The first kappa shape index (κ1) is 15.7. The van der Waals surface area contributed by atoms with Crippen LogP contribution in [0.1, 0.15) is 18.4 Å². The molecular weight excluding hydrogens is 310 g/mol. The van der Waals surface area contributed by atoms with Crippen molar-refractivity contribution in [2.45, 2.75) is 25.3 Å². The number of halogens is 1. The highest BCUT2D eigenvalue weighted by Gasteiger charge is 2.23. The summed E-state index contributed by atoms with van der Waals surface area (Å²) >= 11 is 5.98. The lowest BCUT2D eigenvalue weighted by molar-refractivity contribution is 0.251. The molecule has 3 N–H and O–H groups in total. The van der Waals surface area contributed by atoms with Gasteiger partial charge in [-0.05, 0) is 61.2 Å². The molecule has 3 rings (SSSR count). The van der Waals surface area contributed by atoms with Crippen molar-refractivity contribution in [3.05, 3.63) is 59.1 Å². The molecule has 0 bridgehead atoms. The van der Waals surface area contributed by atoms with Crippen molar-refractivity contribution >= 4 is 29.0 Å². The normalized spacial score (nSPS) is 13.4. The van der Waals surface area contributed by atoms with Gasteiger partial charge in [0.15, 0.2) is 0 Å². The second kappa shape index (κ2) is 7.38. The lowest BCUT2D eigenvalue weighted by atomic mass is 10.1. The molecule has 0 saturated heterocycles. The topological polar surface area (TPSA) is 53.2 Å². The van der Waals surface area contributed by atoms with Crippen molar-refractivity contribution in [1.82, 2.24) is 5.32 Å². The van der Waals surface area contributed by atoms with Gasteiger partial charge < -0.3 is 16.0 Å². The number of carbonyl (C=O) groups excluding carboxylic acids is 1. The third kappa shape index (κ3) is 5.18. The van der Waals surface area contributed by atoms with Crippen molar-refractivity contribution in [2.75, 3.05) is 17.2 Å². The molecule has 5 heteroatoms. The first-order valence-corrected chi connectivity index (χ1v) is 8.23. The number of benzene rings is 2. The zero-order valence-electron chi connectivity index (χ0n) is 12.8. The number of amides is 2. The monoisotopic (exact) mass is 329 g/mol. The van der Waals surface area contributed by atoms with Crippen LogP contribution in [-0.2, 0) is 6.42 Å². The van der Waals surface area contributed by atoms with Gasteiger partial charge in [0.25, 0.3) is 0 Å². The van der Waals surface area contributed by atoms with Gasteiger partial charge in [0.05, 0.1) is 0 Å². The van der Waals surface area contributed by atoms with Crippen molar-refractivity contribution in [3.8, 4) is 0 Å².